The fraction of sp³-hybridized carbons (Fsp3) is 0.294. The third kappa shape index (κ3) is 3.84. The molecule has 20 heavy (non-hydrogen) atoms. The third-order valence-electron chi connectivity index (χ3n) is 3.36. The summed E-state index contributed by atoms with van der Waals surface area (Å²) in [4.78, 5) is 1.27. The predicted octanol–water partition coefficient (Wildman–Crippen LogP) is 4.49. The smallest absolute Gasteiger partial charge is 0.123 e. The van der Waals surface area contributed by atoms with E-state index in [4.69, 9.17) is 5.73 Å². The first-order valence-corrected chi connectivity index (χ1v) is 7.82. The van der Waals surface area contributed by atoms with E-state index in [0.29, 0.717) is 0 Å². The van der Waals surface area contributed by atoms with Crippen LogP contribution in [0.4, 0.5) is 4.39 Å². The average molecular weight is 289 g/mol. The number of thioether (sulfide) groups is 1. The van der Waals surface area contributed by atoms with Gasteiger partial charge in [0.05, 0.1) is 0 Å². The molecule has 0 aliphatic carbocycles. The molecule has 2 aromatic carbocycles. The van der Waals surface area contributed by atoms with Crippen LogP contribution in [-0.2, 0) is 6.42 Å². The molecular formula is C17H20FNS. The molecule has 2 aromatic rings. The van der Waals surface area contributed by atoms with Gasteiger partial charge in [0.15, 0.2) is 0 Å². The molecule has 0 aliphatic heterocycles. The zero-order valence-corrected chi connectivity index (χ0v) is 12.7. The van der Waals surface area contributed by atoms with Crippen LogP contribution in [0.3, 0.4) is 0 Å². The van der Waals surface area contributed by atoms with Crippen LogP contribution in [0, 0.1) is 12.7 Å². The van der Waals surface area contributed by atoms with E-state index in [-0.39, 0.29) is 11.9 Å². The summed E-state index contributed by atoms with van der Waals surface area (Å²) in [6.07, 6.45) is 0.729. The molecule has 1 nitrogen and oxygen atoms in total. The number of hydrogen-bond donors (Lipinski definition) is 1. The van der Waals surface area contributed by atoms with E-state index in [1.807, 2.05) is 24.8 Å². The Morgan fingerprint density at radius 1 is 1.15 bits per heavy atom. The van der Waals surface area contributed by atoms with E-state index in [1.165, 1.54) is 11.0 Å². The van der Waals surface area contributed by atoms with Gasteiger partial charge in [-0.25, -0.2) is 4.39 Å². The average Bonchev–Trinajstić information content (AvgIpc) is 2.43. The fourth-order valence-electron chi connectivity index (χ4n) is 2.22. The molecule has 2 rings (SSSR count). The van der Waals surface area contributed by atoms with Crippen molar-refractivity contribution in [3.63, 3.8) is 0 Å². The Hall–Kier alpha value is -1.32. The minimum Gasteiger partial charge on any atom is -0.324 e. The lowest BCUT2D eigenvalue weighted by atomic mass is 9.97. The first-order valence-electron chi connectivity index (χ1n) is 6.83. The number of hydrogen-bond acceptors (Lipinski definition) is 2. The van der Waals surface area contributed by atoms with Crippen molar-refractivity contribution in [3.8, 4) is 0 Å². The van der Waals surface area contributed by atoms with Gasteiger partial charge >= 0.3 is 0 Å². The van der Waals surface area contributed by atoms with Crippen LogP contribution in [0.25, 0.3) is 0 Å². The molecule has 1 unspecified atom stereocenters. The van der Waals surface area contributed by atoms with Gasteiger partial charge in [-0.2, -0.15) is 0 Å². The van der Waals surface area contributed by atoms with Gasteiger partial charge in [0.1, 0.15) is 5.82 Å². The Morgan fingerprint density at radius 2 is 1.85 bits per heavy atom. The normalized spacial score (nSPS) is 12.4. The van der Waals surface area contributed by atoms with Crippen molar-refractivity contribution in [1.29, 1.82) is 0 Å². The highest BCUT2D eigenvalue weighted by Crippen LogP contribution is 2.23. The molecule has 0 fully saturated rings. The zero-order chi connectivity index (χ0) is 14.5. The molecule has 0 amide bonds. The number of benzene rings is 2. The lowest BCUT2D eigenvalue weighted by Gasteiger charge is -2.14. The Kier molecular flexibility index (Phi) is 5.21. The van der Waals surface area contributed by atoms with Crippen LogP contribution in [-0.4, -0.2) is 5.75 Å². The number of aryl methyl sites for hydroxylation is 1. The van der Waals surface area contributed by atoms with Crippen molar-refractivity contribution in [2.75, 3.05) is 5.75 Å². The second-order valence-corrected chi connectivity index (χ2v) is 6.22. The van der Waals surface area contributed by atoms with E-state index < -0.39 is 0 Å². The minimum absolute atomic E-state index is 0.0557. The first-order chi connectivity index (χ1) is 9.60. The Morgan fingerprint density at radius 3 is 2.45 bits per heavy atom. The zero-order valence-electron chi connectivity index (χ0n) is 11.9. The number of rotatable bonds is 5. The van der Waals surface area contributed by atoms with Gasteiger partial charge < -0.3 is 5.73 Å². The van der Waals surface area contributed by atoms with Crippen LogP contribution in [0.15, 0.2) is 47.4 Å². The van der Waals surface area contributed by atoms with Crippen molar-refractivity contribution in [2.24, 2.45) is 5.73 Å². The van der Waals surface area contributed by atoms with Gasteiger partial charge in [0, 0.05) is 10.9 Å². The van der Waals surface area contributed by atoms with Gasteiger partial charge in [-0.3, -0.25) is 0 Å². The summed E-state index contributed by atoms with van der Waals surface area (Å²) in [5, 5.41) is 0. The van der Waals surface area contributed by atoms with Crippen LogP contribution in [0.5, 0.6) is 0 Å². The monoisotopic (exact) mass is 289 g/mol. The predicted molar refractivity (Wildman–Crippen MR) is 84.6 cm³/mol. The highest BCUT2D eigenvalue weighted by atomic mass is 32.2. The largest absolute Gasteiger partial charge is 0.324 e. The summed E-state index contributed by atoms with van der Waals surface area (Å²) in [6.45, 7) is 4.06. The highest BCUT2D eigenvalue weighted by Gasteiger charge is 2.09. The fourth-order valence-corrected chi connectivity index (χ4v) is 2.88. The molecule has 0 aromatic heterocycles. The summed E-state index contributed by atoms with van der Waals surface area (Å²) >= 11 is 1.82. The van der Waals surface area contributed by atoms with Crippen LogP contribution < -0.4 is 5.73 Å². The van der Waals surface area contributed by atoms with Gasteiger partial charge in [0.2, 0.25) is 0 Å². The molecule has 0 spiro atoms. The molecule has 1 atom stereocenters. The maximum atomic E-state index is 13.1. The SMILES string of the molecule is CCSc1ccc(C(N)Cc2ccc(F)cc2C)cc1. The van der Waals surface area contributed by atoms with Gasteiger partial charge in [-0.1, -0.05) is 25.1 Å². The Balaban J connectivity index is 2.09. The quantitative estimate of drug-likeness (QED) is 0.821. The molecule has 3 heteroatoms. The maximum Gasteiger partial charge on any atom is 0.123 e. The minimum atomic E-state index is -0.194. The summed E-state index contributed by atoms with van der Waals surface area (Å²) in [5.74, 6) is 0.876. The summed E-state index contributed by atoms with van der Waals surface area (Å²) in [5.41, 5.74) is 9.44. The van der Waals surface area contributed by atoms with Crippen molar-refractivity contribution < 1.29 is 4.39 Å². The summed E-state index contributed by atoms with van der Waals surface area (Å²) in [7, 11) is 0. The Labute approximate surface area is 124 Å². The second kappa shape index (κ2) is 6.91. The summed E-state index contributed by atoms with van der Waals surface area (Å²) < 4.78 is 13.1. The molecule has 0 saturated heterocycles. The summed E-state index contributed by atoms with van der Waals surface area (Å²) in [6, 6.07) is 13.2. The maximum absolute atomic E-state index is 13.1. The van der Waals surface area contributed by atoms with Crippen LogP contribution in [0.1, 0.15) is 29.7 Å². The molecule has 0 bridgehead atoms. The van der Waals surface area contributed by atoms with E-state index >= 15 is 0 Å². The standard InChI is InChI=1S/C17H20FNS/c1-3-20-16-8-5-13(6-9-16)17(19)11-14-4-7-15(18)10-12(14)2/h4-10,17H,3,11,19H2,1-2H3. The van der Waals surface area contributed by atoms with Gasteiger partial charge in [-0.15, -0.1) is 11.8 Å². The van der Waals surface area contributed by atoms with E-state index in [0.717, 1.165) is 28.9 Å². The molecule has 0 heterocycles. The molecule has 0 saturated carbocycles. The van der Waals surface area contributed by atoms with Crippen molar-refractivity contribution in [3.05, 3.63) is 65.0 Å². The van der Waals surface area contributed by atoms with Gasteiger partial charge in [-0.05, 0) is 60.1 Å². The molecule has 0 aliphatic rings. The molecular weight excluding hydrogens is 269 g/mol. The van der Waals surface area contributed by atoms with Gasteiger partial charge in [0.25, 0.3) is 0 Å². The van der Waals surface area contributed by atoms with E-state index in [1.54, 1.807) is 6.07 Å². The Bertz CT molecular complexity index is 566. The molecule has 2 N–H and O–H groups in total. The molecule has 0 radical (unpaired) electrons. The number of nitrogens with two attached hydrogens (primary N) is 1. The highest BCUT2D eigenvalue weighted by molar-refractivity contribution is 7.99. The van der Waals surface area contributed by atoms with E-state index in [2.05, 4.69) is 31.2 Å². The lowest BCUT2D eigenvalue weighted by Crippen LogP contribution is -2.14. The topological polar surface area (TPSA) is 26.0 Å². The van der Waals surface area contributed by atoms with Crippen molar-refractivity contribution in [2.45, 2.75) is 31.2 Å². The van der Waals surface area contributed by atoms with E-state index in [9.17, 15) is 4.39 Å². The molecule has 106 valence electrons. The van der Waals surface area contributed by atoms with Crippen LogP contribution in [0.2, 0.25) is 0 Å². The number of halogens is 1. The lowest BCUT2D eigenvalue weighted by molar-refractivity contribution is 0.624. The van der Waals surface area contributed by atoms with Crippen LogP contribution >= 0.6 is 11.8 Å². The second-order valence-electron chi connectivity index (χ2n) is 4.88. The van der Waals surface area contributed by atoms with Crippen molar-refractivity contribution >= 4 is 11.8 Å². The first kappa shape index (κ1) is 15.1. The third-order valence-corrected chi connectivity index (χ3v) is 4.26. The van der Waals surface area contributed by atoms with Crippen molar-refractivity contribution in [1.82, 2.24) is 0 Å².